The van der Waals surface area contributed by atoms with E-state index in [0.717, 1.165) is 31.7 Å². The number of aromatic nitrogens is 1. The van der Waals surface area contributed by atoms with E-state index >= 15 is 0 Å². The van der Waals surface area contributed by atoms with Gasteiger partial charge in [0, 0.05) is 51.2 Å². The lowest BCUT2D eigenvalue weighted by atomic mass is 10.2. The zero-order valence-corrected chi connectivity index (χ0v) is 15.8. The second kappa shape index (κ2) is 8.56. The number of halogens is 1. The molecule has 28 heavy (non-hydrogen) atoms. The van der Waals surface area contributed by atoms with Crippen LogP contribution in [0.4, 0.5) is 15.8 Å². The summed E-state index contributed by atoms with van der Waals surface area (Å²) in [6.45, 7) is 3.85. The summed E-state index contributed by atoms with van der Waals surface area (Å²) < 4.78 is 19.6. The zero-order valence-electron chi connectivity index (χ0n) is 15.8. The summed E-state index contributed by atoms with van der Waals surface area (Å²) in [4.78, 5) is 20.9. The number of anilines is 2. The molecular formula is C21H25FN4O2. The van der Waals surface area contributed by atoms with Crippen LogP contribution in [0.2, 0.25) is 0 Å². The number of para-hydroxylation sites is 1. The highest BCUT2D eigenvalue weighted by molar-refractivity contribution is 5.93. The molecule has 1 atom stereocenters. The summed E-state index contributed by atoms with van der Waals surface area (Å²) >= 11 is 0. The predicted octanol–water partition coefficient (Wildman–Crippen LogP) is 2.77. The van der Waals surface area contributed by atoms with Crippen LogP contribution in [0.5, 0.6) is 0 Å². The minimum atomic E-state index is -0.228. The molecule has 6 nitrogen and oxygen atoms in total. The van der Waals surface area contributed by atoms with Crippen LogP contribution >= 0.6 is 0 Å². The minimum absolute atomic E-state index is 0.0889. The smallest absolute Gasteiger partial charge is 0.272 e. The van der Waals surface area contributed by atoms with Crippen LogP contribution in [0.3, 0.4) is 0 Å². The van der Waals surface area contributed by atoms with E-state index in [1.165, 1.54) is 6.07 Å². The van der Waals surface area contributed by atoms with Crippen molar-refractivity contribution in [3.63, 3.8) is 0 Å². The molecule has 7 heteroatoms. The van der Waals surface area contributed by atoms with Gasteiger partial charge in [-0.1, -0.05) is 12.1 Å². The maximum atomic E-state index is 14.0. The Hall–Kier alpha value is -2.67. The largest absolute Gasteiger partial charge is 0.382 e. The Morgan fingerprint density at radius 2 is 2.04 bits per heavy atom. The molecule has 1 aromatic carbocycles. The van der Waals surface area contributed by atoms with Crippen LogP contribution in [0, 0.1) is 5.82 Å². The summed E-state index contributed by atoms with van der Waals surface area (Å²) in [6.07, 6.45) is 4.06. The number of hydrogen-bond donors (Lipinski definition) is 1. The van der Waals surface area contributed by atoms with Crippen molar-refractivity contribution in [2.75, 3.05) is 49.5 Å². The molecule has 0 spiro atoms. The van der Waals surface area contributed by atoms with Gasteiger partial charge in [0.2, 0.25) is 0 Å². The molecule has 1 amide bonds. The highest BCUT2D eigenvalue weighted by Gasteiger charge is 2.24. The van der Waals surface area contributed by atoms with Crippen LogP contribution in [-0.2, 0) is 4.74 Å². The summed E-state index contributed by atoms with van der Waals surface area (Å²) in [5.74, 6) is -0.317. The number of nitrogens with zero attached hydrogens (tertiary/aromatic N) is 3. The molecule has 2 aliphatic heterocycles. The number of carbonyl (C=O) groups excluding carboxylic acids is 1. The first-order valence-electron chi connectivity index (χ1n) is 9.81. The van der Waals surface area contributed by atoms with Crippen LogP contribution in [0.1, 0.15) is 23.3 Å². The summed E-state index contributed by atoms with van der Waals surface area (Å²) in [5, 5.41) is 3.33. The minimum Gasteiger partial charge on any atom is -0.382 e. The Kier molecular flexibility index (Phi) is 5.71. The lowest BCUT2D eigenvalue weighted by Crippen LogP contribution is -2.49. The van der Waals surface area contributed by atoms with Crippen LogP contribution in [0.25, 0.3) is 0 Å². The van der Waals surface area contributed by atoms with Gasteiger partial charge < -0.3 is 19.9 Å². The summed E-state index contributed by atoms with van der Waals surface area (Å²) in [6, 6.07) is 10.4. The third-order valence-corrected chi connectivity index (χ3v) is 5.30. The lowest BCUT2D eigenvalue weighted by molar-refractivity contribution is 0.0741. The topological polar surface area (TPSA) is 57.7 Å². The van der Waals surface area contributed by atoms with Gasteiger partial charge in [0.05, 0.1) is 11.8 Å². The third kappa shape index (κ3) is 4.25. The van der Waals surface area contributed by atoms with Crippen molar-refractivity contribution in [1.82, 2.24) is 9.88 Å². The van der Waals surface area contributed by atoms with Crippen molar-refractivity contribution in [2.24, 2.45) is 0 Å². The van der Waals surface area contributed by atoms with Gasteiger partial charge in [-0.05, 0) is 37.1 Å². The molecule has 1 aromatic heterocycles. The quantitative estimate of drug-likeness (QED) is 0.859. The normalized spacial score (nSPS) is 19.7. The number of pyridine rings is 1. The van der Waals surface area contributed by atoms with E-state index in [9.17, 15) is 9.18 Å². The molecule has 148 valence electrons. The van der Waals surface area contributed by atoms with Crippen molar-refractivity contribution >= 4 is 17.3 Å². The van der Waals surface area contributed by atoms with Crippen molar-refractivity contribution in [3.8, 4) is 0 Å². The number of ether oxygens (including phenoxy) is 1. The molecule has 3 heterocycles. The van der Waals surface area contributed by atoms with E-state index in [2.05, 4.69) is 10.3 Å². The van der Waals surface area contributed by atoms with Crippen LogP contribution in [0.15, 0.2) is 42.6 Å². The van der Waals surface area contributed by atoms with E-state index in [4.69, 9.17) is 4.74 Å². The first kappa shape index (κ1) is 18.7. The van der Waals surface area contributed by atoms with E-state index in [1.807, 2.05) is 17.0 Å². The highest BCUT2D eigenvalue weighted by Crippen LogP contribution is 2.21. The second-order valence-electron chi connectivity index (χ2n) is 7.18. The Bertz CT molecular complexity index is 818. The fraction of sp³-hybridized carbons (Fsp3) is 0.429. The van der Waals surface area contributed by atoms with Crippen LogP contribution < -0.4 is 10.2 Å². The Morgan fingerprint density at radius 3 is 2.79 bits per heavy atom. The monoisotopic (exact) mass is 384 g/mol. The van der Waals surface area contributed by atoms with Gasteiger partial charge in [-0.15, -0.1) is 0 Å². The second-order valence-corrected chi connectivity index (χ2v) is 7.18. The van der Waals surface area contributed by atoms with Gasteiger partial charge in [-0.3, -0.25) is 9.78 Å². The zero-order chi connectivity index (χ0) is 19.3. The number of amides is 1. The van der Waals surface area contributed by atoms with Gasteiger partial charge in [0.15, 0.2) is 0 Å². The summed E-state index contributed by atoms with van der Waals surface area (Å²) in [5.41, 5.74) is 1.89. The maximum absolute atomic E-state index is 14.0. The Balaban J connectivity index is 1.34. The van der Waals surface area contributed by atoms with Crippen LogP contribution in [-0.4, -0.2) is 61.2 Å². The number of rotatable bonds is 5. The molecule has 2 aromatic rings. The molecule has 2 aliphatic rings. The van der Waals surface area contributed by atoms with Crippen molar-refractivity contribution in [1.29, 1.82) is 0 Å². The molecule has 1 N–H and O–H groups in total. The number of benzene rings is 1. The SMILES string of the molecule is O=C(c1cc(NCC2CCCO2)ccn1)N1CCN(c2ccccc2F)CC1. The molecule has 2 fully saturated rings. The molecule has 2 saturated heterocycles. The standard InChI is InChI=1S/C21H25FN4O2/c22-18-5-1-2-6-20(18)25-9-11-26(12-10-25)21(27)19-14-16(7-8-23-19)24-15-17-4-3-13-28-17/h1-2,5-8,14,17H,3-4,9-13,15H2,(H,23,24). The first-order chi connectivity index (χ1) is 13.7. The number of piperazine rings is 1. The fourth-order valence-corrected chi connectivity index (χ4v) is 3.72. The van der Waals surface area contributed by atoms with Crippen molar-refractivity contribution in [3.05, 3.63) is 54.1 Å². The van der Waals surface area contributed by atoms with Gasteiger partial charge in [-0.2, -0.15) is 0 Å². The summed E-state index contributed by atoms with van der Waals surface area (Å²) in [7, 11) is 0. The highest BCUT2D eigenvalue weighted by atomic mass is 19.1. The lowest BCUT2D eigenvalue weighted by Gasteiger charge is -2.36. The number of hydrogen-bond acceptors (Lipinski definition) is 5. The van der Waals surface area contributed by atoms with Gasteiger partial charge >= 0.3 is 0 Å². The van der Waals surface area contributed by atoms with E-state index in [0.29, 0.717) is 37.6 Å². The molecular weight excluding hydrogens is 359 g/mol. The molecule has 0 saturated carbocycles. The fourth-order valence-electron chi connectivity index (χ4n) is 3.72. The molecule has 0 bridgehead atoms. The van der Waals surface area contributed by atoms with E-state index in [-0.39, 0.29) is 17.8 Å². The average molecular weight is 384 g/mol. The average Bonchev–Trinajstić information content (AvgIpc) is 3.26. The number of nitrogens with one attached hydrogen (secondary N) is 1. The van der Waals surface area contributed by atoms with Gasteiger partial charge in [0.1, 0.15) is 11.5 Å². The predicted molar refractivity (Wildman–Crippen MR) is 106 cm³/mol. The molecule has 1 unspecified atom stereocenters. The van der Waals surface area contributed by atoms with Crippen molar-refractivity contribution in [2.45, 2.75) is 18.9 Å². The van der Waals surface area contributed by atoms with E-state index < -0.39 is 0 Å². The Morgan fingerprint density at radius 1 is 1.21 bits per heavy atom. The number of carbonyl (C=O) groups is 1. The molecule has 0 radical (unpaired) electrons. The Labute approximate surface area is 164 Å². The third-order valence-electron chi connectivity index (χ3n) is 5.30. The molecule has 0 aliphatic carbocycles. The van der Waals surface area contributed by atoms with E-state index in [1.54, 1.807) is 29.3 Å². The van der Waals surface area contributed by atoms with Gasteiger partial charge in [0.25, 0.3) is 5.91 Å². The molecule has 4 rings (SSSR count). The maximum Gasteiger partial charge on any atom is 0.272 e. The van der Waals surface area contributed by atoms with Crippen molar-refractivity contribution < 1.29 is 13.9 Å². The first-order valence-corrected chi connectivity index (χ1v) is 9.81. The van der Waals surface area contributed by atoms with Gasteiger partial charge in [-0.25, -0.2) is 4.39 Å².